The first-order chi connectivity index (χ1) is 10.7. The number of ether oxygens (including phenoxy) is 5. The van der Waals surface area contributed by atoms with E-state index in [1.807, 2.05) is 0 Å². The number of nitrogens with zero attached hydrogens (tertiary/aromatic N) is 1. The molecule has 3 fully saturated rings. The minimum Gasteiger partial charge on any atom is -0.348 e. The van der Waals surface area contributed by atoms with Crippen LogP contribution in [0.2, 0.25) is 0 Å². The van der Waals surface area contributed by atoms with Gasteiger partial charge in [-0.05, 0) is 27.7 Å². The molecule has 0 saturated carbocycles. The summed E-state index contributed by atoms with van der Waals surface area (Å²) in [5.74, 6) is -1.56. The maximum atomic E-state index is 11.7. The molecule has 0 aromatic carbocycles. The van der Waals surface area contributed by atoms with E-state index in [1.54, 1.807) is 33.1 Å². The van der Waals surface area contributed by atoms with E-state index < -0.39 is 48.2 Å². The molecule has 2 amide bonds. The van der Waals surface area contributed by atoms with Crippen LogP contribution < -0.4 is 10.7 Å². The summed E-state index contributed by atoms with van der Waals surface area (Å²) in [6, 6.07) is -1.32. The Morgan fingerprint density at radius 3 is 2.43 bits per heavy atom. The zero-order valence-electron chi connectivity index (χ0n) is 13.4. The van der Waals surface area contributed by atoms with Gasteiger partial charge in [0.1, 0.15) is 18.3 Å². The molecule has 3 aliphatic rings. The molecule has 0 spiro atoms. The third kappa shape index (κ3) is 3.31. The van der Waals surface area contributed by atoms with Gasteiger partial charge in [0.05, 0.1) is 17.9 Å². The molecule has 3 saturated heterocycles. The second-order valence-electron chi connectivity index (χ2n) is 6.64. The highest BCUT2D eigenvalue weighted by atomic mass is 16.8. The molecule has 0 aliphatic carbocycles. The number of carbonyl (C=O) groups is 1. The molecule has 2 N–H and O–H groups in total. The summed E-state index contributed by atoms with van der Waals surface area (Å²) in [6.45, 7) is 7.42. The molecule has 0 aromatic heterocycles. The maximum absolute atomic E-state index is 11.7. The van der Waals surface area contributed by atoms with Crippen molar-refractivity contribution in [2.45, 2.75) is 69.9 Å². The average Bonchev–Trinajstić information content (AvgIpc) is 3.01. The molecule has 0 radical (unpaired) electrons. The van der Waals surface area contributed by atoms with Gasteiger partial charge < -0.3 is 29.0 Å². The lowest BCUT2D eigenvalue weighted by atomic mass is 10.0. The van der Waals surface area contributed by atoms with Crippen molar-refractivity contribution in [3.8, 4) is 0 Å². The molecule has 23 heavy (non-hydrogen) atoms. The molecule has 3 aliphatic heterocycles. The number of rotatable bonds is 3. The van der Waals surface area contributed by atoms with Crippen LogP contribution in [0.4, 0.5) is 4.79 Å². The Balaban J connectivity index is 1.76. The summed E-state index contributed by atoms with van der Waals surface area (Å²) in [6.07, 6.45) is -2.11. The summed E-state index contributed by atoms with van der Waals surface area (Å²) in [5, 5.41) is 4.99. The van der Waals surface area contributed by atoms with Gasteiger partial charge in [-0.2, -0.15) is 5.43 Å². The first-order valence-electron chi connectivity index (χ1n) is 7.42. The van der Waals surface area contributed by atoms with E-state index in [9.17, 15) is 9.70 Å². The summed E-state index contributed by atoms with van der Waals surface area (Å²) in [4.78, 5) is 21.9. The molecule has 0 bridgehead atoms. The molecule has 3 rings (SSSR count). The molecule has 10 nitrogen and oxygen atoms in total. The fraction of sp³-hybridized carbons (Fsp3) is 0.923. The van der Waals surface area contributed by atoms with Crippen molar-refractivity contribution in [2.24, 2.45) is 5.29 Å². The predicted molar refractivity (Wildman–Crippen MR) is 74.9 cm³/mol. The molecular weight excluding hydrogens is 310 g/mol. The topological polar surface area (TPSA) is 117 Å². The quantitative estimate of drug-likeness (QED) is 0.566. The van der Waals surface area contributed by atoms with Crippen LogP contribution in [0, 0.1) is 4.91 Å². The number of nitroso groups, excluding NO2 is 1. The van der Waals surface area contributed by atoms with Crippen LogP contribution in [0.15, 0.2) is 5.29 Å². The molecule has 10 heteroatoms. The van der Waals surface area contributed by atoms with Gasteiger partial charge in [-0.25, -0.2) is 4.79 Å². The number of fused-ring (bicyclic) bond motifs is 1. The Morgan fingerprint density at radius 1 is 1.09 bits per heavy atom. The summed E-state index contributed by atoms with van der Waals surface area (Å²) in [5.41, 5.74) is 1.80. The maximum Gasteiger partial charge on any atom is 0.338 e. The van der Waals surface area contributed by atoms with Crippen molar-refractivity contribution < 1.29 is 28.5 Å². The third-order valence-electron chi connectivity index (χ3n) is 3.93. The Morgan fingerprint density at radius 2 is 1.83 bits per heavy atom. The van der Waals surface area contributed by atoms with E-state index in [1.165, 1.54) is 0 Å². The lowest BCUT2D eigenvalue weighted by Crippen LogP contribution is -2.54. The van der Waals surface area contributed by atoms with E-state index >= 15 is 0 Å². The number of nitrogens with one attached hydrogen (secondary N) is 2. The van der Waals surface area contributed by atoms with Gasteiger partial charge in [0, 0.05) is 0 Å². The Kier molecular flexibility index (Phi) is 4.05. The van der Waals surface area contributed by atoms with Gasteiger partial charge in [-0.1, -0.05) is 0 Å². The smallest absolute Gasteiger partial charge is 0.338 e. The third-order valence-corrected chi connectivity index (χ3v) is 3.93. The van der Waals surface area contributed by atoms with Gasteiger partial charge in [0.25, 0.3) is 0 Å². The van der Waals surface area contributed by atoms with Crippen molar-refractivity contribution in [1.82, 2.24) is 10.7 Å². The number of hydrogen-bond acceptors (Lipinski definition) is 8. The van der Waals surface area contributed by atoms with Crippen LogP contribution in [0.3, 0.4) is 0 Å². The summed E-state index contributed by atoms with van der Waals surface area (Å²) in [7, 11) is 0. The molecule has 0 unspecified atom stereocenters. The zero-order valence-corrected chi connectivity index (χ0v) is 13.4. The monoisotopic (exact) mass is 331 g/mol. The zero-order chi connectivity index (χ0) is 16.8. The Bertz CT molecular complexity index is 498. The molecule has 5 atom stereocenters. The Hall–Kier alpha value is -1.33. The van der Waals surface area contributed by atoms with E-state index in [4.69, 9.17) is 23.7 Å². The number of amides is 2. The van der Waals surface area contributed by atoms with E-state index in [0.29, 0.717) is 6.61 Å². The number of carbonyl (C=O) groups excluding carboxylic acids is 1. The van der Waals surface area contributed by atoms with Crippen LogP contribution in [-0.4, -0.2) is 54.9 Å². The average molecular weight is 331 g/mol. The fourth-order valence-electron chi connectivity index (χ4n) is 3.12. The van der Waals surface area contributed by atoms with E-state index in [-0.39, 0.29) is 0 Å². The van der Waals surface area contributed by atoms with Crippen molar-refractivity contribution in [3.63, 3.8) is 0 Å². The van der Waals surface area contributed by atoms with Crippen molar-refractivity contribution in [3.05, 3.63) is 4.91 Å². The van der Waals surface area contributed by atoms with E-state index in [2.05, 4.69) is 10.6 Å². The van der Waals surface area contributed by atoms with Crippen LogP contribution in [0.25, 0.3) is 0 Å². The summed E-state index contributed by atoms with van der Waals surface area (Å²) >= 11 is 0. The van der Waals surface area contributed by atoms with Crippen molar-refractivity contribution >= 4 is 6.03 Å². The first-order valence-corrected chi connectivity index (χ1v) is 7.42. The largest absolute Gasteiger partial charge is 0.348 e. The minimum absolute atomic E-state index is 0.312. The normalized spacial score (nSPS) is 40.6. The lowest BCUT2D eigenvalue weighted by Gasteiger charge is -2.29. The Labute approximate surface area is 133 Å². The fourth-order valence-corrected chi connectivity index (χ4v) is 3.12. The summed E-state index contributed by atoms with van der Waals surface area (Å²) < 4.78 is 28.7. The van der Waals surface area contributed by atoms with Gasteiger partial charge in [0.2, 0.25) is 0 Å². The van der Waals surface area contributed by atoms with Crippen LogP contribution >= 0.6 is 0 Å². The highest BCUT2D eigenvalue weighted by molar-refractivity contribution is 5.74. The van der Waals surface area contributed by atoms with Crippen molar-refractivity contribution in [2.75, 3.05) is 6.61 Å². The molecule has 130 valence electrons. The second kappa shape index (κ2) is 5.64. The standard InChI is InChI=1S/C13H21N3O7/c1-12(2)19-5-6(21-12)8-7(14-11(17)15-16-18)9-10(20-8)23-13(3,4)22-9/h6-10H,5H2,1-4H3,(H2,14,15,17,18)/t6-,7+,8-,9-,10-/m1/s1. The highest BCUT2D eigenvalue weighted by Gasteiger charge is 2.58. The van der Waals surface area contributed by atoms with Gasteiger partial charge in [0.15, 0.2) is 17.9 Å². The predicted octanol–water partition coefficient (Wildman–Crippen LogP) is 0.364. The molecule has 0 aromatic rings. The molecular formula is C13H21N3O7. The number of urea groups is 1. The van der Waals surface area contributed by atoms with Crippen LogP contribution in [0.1, 0.15) is 27.7 Å². The number of hydrogen-bond donors (Lipinski definition) is 2. The lowest BCUT2D eigenvalue weighted by molar-refractivity contribution is -0.223. The van der Waals surface area contributed by atoms with Gasteiger partial charge in [-0.15, -0.1) is 4.91 Å². The van der Waals surface area contributed by atoms with Gasteiger partial charge >= 0.3 is 6.03 Å². The minimum atomic E-state index is -0.827. The molecule has 3 heterocycles. The van der Waals surface area contributed by atoms with Gasteiger partial charge in [-0.3, -0.25) is 0 Å². The van der Waals surface area contributed by atoms with Crippen molar-refractivity contribution in [1.29, 1.82) is 0 Å². The van der Waals surface area contributed by atoms with Crippen LogP contribution in [0.5, 0.6) is 0 Å². The second-order valence-corrected chi connectivity index (χ2v) is 6.64. The van der Waals surface area contributed by atoms with Crippen LogP contribution in [-0.2, 0) is 23.7 Å². The van der Waals surface area contributed by atoms with E-state index in [0.717, 1.165) is 0 Å². The first kappa shape index (κ1) is 16.5. The highest BCUT2D eigenvalue weighted by Crippen LogP contribution is 2.40. The SMILES string of the molecule is CC1(C)O[C@H]2O[C@H]([C@H]3COC(C)(C)O3)[C@H](NC(=O)NN=O)[C@H]2O1.